The number of nitriles is 1. The van der Waals surface area contributed by atoms with Crippen LogP contribution >= 0.6 is 0 Å². The fraction of sp³-hybridized carbons (Fsp3) is 0.250. The highest BCUT2D eigenvalue weighted by Crippen LogP contribution is 2.25. The predicted molar refractivity (Wildman–Crippen MR) is 89.0 cm³/mol. The number of hydrogen-bond donors (Lipinski definition) is 0. The molecule has 0 aromatic heterocycles. The second-order valence-electron chi connectivity index (χ2n) is 5.58. The van der Waals surface area contributed by atoms with Crippen LogP contribution in [0.2, 0.25) is 0 Å². The highest BCUT2D eigenvalue weighted by Gasteiger charge is 2.09. The van der Waals surface area contributed by atoms with E-state index < -0.39 is 17.5 Å². The van der Waals surface area contributed by atoms with Gasteiger partial charge in [-0.1, -0.05) is 37.3 Å². The van der Waals surface area contributed by atoms with Gasteiger partial charge in [-0.15, -0.1) is 0 Å². The average molecular weight is 329 g/mol. The van der Waals surface area contributed by atoms with Crippen molar-refractivity contribution in [2.24, 2.45) is 0 Å². The van der Waals surface area contributed by atoms with E-state index in [-0.39, 0.29) is 17.5 Å². The van der Waals surface area contributed by atoms with Crippen LogP contribution in [0.1, 0.15) is 42.0 Å². The van der Waals surface area contributed by atoms with E-state index in [0.29, 0.717) is 24.8 Å². The van der Waals surface area contributed by atoms with Crippen molar-refractivity contribution >= 4 is 5.83 Å². The van der Waals surface area contributed by atoms with Gasteiger partial charge in [-0.2, -0.15) is 5.26 Å². The van der Waals surface area contributed by atoms with Crippen LogP contribution in [0.4, 0.5) is 13.2 Å². The van der Waals surface area contributed by atoms with E-state index >= 15 is 0 Å². The molecule has 0 spiro atoms. The second-order valence-corrected chi connectivity index (χ2v) is 5.58. The quantitative estimate of drug-likeness (QED) is 0.648. The lowest BCUT2D eigenvalue weighted by molar-refractivity contribution is 0.559. The van der Waals surface area contributed by atoms with Crippen molar-refractivity contribution in [1.82, 2.24) is 0 Å². The maximum atomic E-state index is 13.9. The van der Waals surface area contributed by atoms with Crippen molar-refractivity contribution < 1.29 is 13.2 Å². The first-order chi connectivity index (χ1) is 11.5. The predicted octanol–water partition coefficient (Wildman–Crippen LogP) is 5.89. The zero-order chi connectivity index (χ0) is 17.5. The molecule has 0 unspecified atom stereocenters. The molecule has 0 heterocycles. The van der Waals surface area contributed by atoms with E-state index in [9.17, 15) is 13.2 Å². The van der Waals surface area contributed by atoms with E-state index in [1.807, 2.05) is 6.07 Å². The van der Waals surface area contributed by atoms with Crippen LogP contribution in [0, 0.1) is 17.1 Å². The molecule has 0 bridgehead atoms. The fourth-order valence-electron chi connectivity index (χ4n) is 2.40. The molecule has 2 aromatic rings. The van der Waals surface area contributed by atoms with Gasteiger partial charge in [-0.05, 0) is 42.5 Å². The van der Waals surface area contributed by atoms with Crippen LogP contribution in [-0.4, -0.2) is 0 Å². The highest BCUT2D eigenvalue weighted by atomic mass is 19.2. The van der Waals surface area contributed by atoms with Gasteiger partial charge in [0.15, 0.2) is 5.83 Å². The Morgan fingerprint density at radius 2 is 1.75 bits per heavy atom. The van der Waals surface area contributed by atoms with Crippen LogP contribution in [0.3, 0.4) is 0 Å². The average Bonchev–Trinajstić information content (AvgIpc) is 2.60. The number of benzene rings is 2. The Bertz CT molecular complexity index is 770. The van der Waals surface area contributed by atoms with E-state index in [0.717, 1.165) is 5.56 Å². The number of rotatable bonds is 6. The molecular formula is C20H18F3N. The molecule has 24 heavy (non-hydrogen) atoms. The Morgan fingerprint density at radius 3 is 2.33 bits per heavy atom. The molecule has 0 aliphatic carbocycles. The second kappa shape index (κ2) is 8.35. The molecule has 0 amide bonds. The summed E-state index contributed by atoms with van der Waals surface area (Å²) in [4.78, 5) is 0. The number of hydrogen-bond acceptors (Lipinski definition) is 1. The van der Waals surface area contributed by atoms with E-state index in [1.54, 1.807) is 31.2 Å². The molecule has 4 heteroatoms. The summed E-state index contributed by atoms with van der Waals surface area (Å²) in [6, 6.07) is 12.8. The van der Waals surface area contributed by atoms with Crippen molar-refractivity contribution in [3.8, 4) is 6.07 Å². The van der Waals surface area contributed by atoms with Crippen molar-refractivity contribution in [2.75, 3.05) is 0 Å². The molecule has 0 fully saturated rings. The molecule has 0 saturated carbocycles. The van der Waals surface area contributed by atoms with E-state index in [2.05, 4.69) is 0 Å². The maximum absolute atomic E-state index is 13.9. The summed E-state index contributed by atoms with van der Waals surface area (Å²) in [5.74, 6) is -1.95. The molecule has 0 aliphatic rings. The van der Waals surface area contributed by atoms with Gasteiger partial charge >= 0.3 is 0 Å². The fourth-order valence-corrected chi connectivity index (χ4v) is 2.40. The summed E-state index contributed by atoms with van der Waals surface area (Å²) in [5, 5.41) is 8.73. The van der Waals surface area contributed by atoms with Gasteiger partial charge in [-0.3, -0.25) is 0 Å². The summed E-state index contributed by atoms with van der Waals surface area (Å²) in [6.45, 7) is 1.79. The third-order valence-corrected chi connectivity index (χ3v) is 3.78. The summed E-state index contributed by atoms with van der Waals surface area (Å²) in [6.07, 6.45) is 1.68. The summed E-state index contributed by atoms with van der Waals surface area (Å²) in [5.41, 5.74) is 1.94. The van der Waals surface area contributed by atoms with Crippen molar-refractivity contribution in [3.63, 3.8) is 0 Å². The number of allylic oxidation sites excluding steroid dienone is 1. The van der Waals surface area contributed by atoms with E-state index in [1.165, 1.54) is 18.2 Å². The molecule has 2 rings (SSSR count). The summed E-state index contributed by atoms with van der Waals surface area (Å²) in [7, 11) is 0. The Balaban J connectivity index is 2.05. The summed E-state index contributed by atoms with van der Waals surface area (Å²) < 4.78 is 41.2. The lowest BCUT2D eigenvalue weighted by atomic mass is 10.0. The van der Waals surface area contributed by atoms with Crippen molar-refractivity contribution in [2.45, 2.75) is 32.6 Å². The van der Waals surface area contributed by atoms with Crippen molar-refractivity contribution in [1.29, 1.82) is 5.26 Å². The van der Waals surface area contributed by atoms with Gasteiger partial charge in [-0.25, -0.2) is 13.2 Å². The molecule has 2 aromatic carbocycles. The van der Waals surface area contributed by atoms with Crippen LogP contribution in [0.25, 0.3) is 5.83 Å². The molecule has 0 N–H and O–H groups in total. The molecular weight excluding hydrogens is 311 g/mol. The lowest BCUT2D eigenvalue weighted by Crippen LogP contribution is -1.96. The first-order valence-corrected chi connectivity index (χ1v) is 7.87. The monoisotopic (exact) mass is 329 g/mol. The standard InChI is InChI=1S/C20H18F3N/c1-2-3-18(21)20(23)17-10-5-14(6-11-17)4-8-16-9-7-15(13-24)12-19(16)22/h5-7,9-12H,2-4,8H2,1H3/b20-18-. The van der Waals surface area contributed by atoms with Gasteiger partial charge in [0.25, 0.3) is 0 Å². The first kappa shape index (κ1) is 17.8. The van der Waals surface area contributed by atoms with Crippen molar-refractivity contribution in [3.05, 3.63) is 76.4 Å². The largest absolute Gasteiger partial charge is 0.209 e. The molecule has 1 nitrogen and oxygen atoms in total. The third kappa shape index (κ3) is 4.48. The van der Waals surface area contributed by atoms with Crippen LogP contribution in [0.5, 0.6) is 0 Å². The first-order valence-electron chi connectivity index (χ1n) is 7.87. The van der Waals surface area contributed by atoms with Gasteiger partial charge in [0.05, 0.1) is 11.6 Å². The van der Waals surface area contributed by atoms with Gasteiger partial charge in [0.1, 0.15) is 11.6 Å². The minimum absolute atomic E-state index is 0.0888. The Labute approximate surface area is 140 Å². The van der Waals surface area contributed by atoms with Crippen LogP contribution < -0.4 is 0 Å². The highest BCUT2D eigenvalue weighted by molar-refractivity contribution is 5.61. The van der Waals surface area contributed by atoms with Crippen LogP contribution in [-0.2, 0) is 12.8 Å². The molecule has 0 atom stereocenters. The smallest absolute Gasteiger partial charge is 0.161 e. The number of nitrogens with zero attached hydrogens (tertiary/aromatic N) is 1. The minimum Gasteiger partial charge on any atom is -0.209 e. The van der Waals surface area contributed by atoms with Gasteiger partial charge in [0, 0.05) is 12.0 Å². The molecule has 0 aliphatic heterocycles. The number of halogens is 3. The molecule has 0 radical (unpaired) electrons. The minimum atomic E-state index is -0.818. The zero-order valence-electron chi connectivity index (χ0n) is 13.5. The van der Waals surface area contributed by atoms with Crippen LogP contribution in [0.15, 0.2) is 48.3 Å². The van der Waals surface area contributed by atoms with Gasteiger partial charge < -0.3 is 0 Å². The molecule has 124 valence electrons. The topological polar surface area (TPSA) is 23.8 Å². The Hall–Kier alpha value is -2.54. The Morgan fingerprint density at radius 1 is 1.04 bits per heavy atom. The number of aryl methyl sites for hydroxylation is 2. The SMILES string of the molecule is CCC/C(F)=C(/F)c1ccc(CCc2ccc(C#N)cc2F)cc1. The Kier molecular flexibility index (Phi) is 6.20. The van der Waals surface area contributed by atoms with E-state index in [4.69, 9.17) is 5.26 Å². The zero-order valence-corrected chi connectivity index (χ0v) is 13.5. The lowest BCUT2D eigenvalue weighted by Gasteiger charge is -2.06. The normalized spacial score (nSPS) is 11.8. The summed E-state index contributed by atoms with van der Waals surface area (Å²) >= 11 is 0. The third-order valence-electron chi connectivity index (χ3n) is 3.78. The molecule has 0 saturated heterocycles. The van der Waals surface area contributed by atoms with Gasteiger partial charge in [0.2, 0.25) is 0 Å². The maximum Gasteiger partial charge on any atom is 0.161 e.